The van der Waals surface area contributed by atoms with Crippen LogP contribution < -0.4 is 14.8 Å². The summed E-state index contributed by atoms with van der Waals surface area (Å²) in [5.41, 5.74) is 3.57. The summed E-state index contributed by atoms with van der Waals surface area (Å²) < 4.78 is 23.1. The molecular weight excluding hydrogens is 554 g/mol. The Balaban J connectivity index is 1.43. The van der Waals surface area contributed by atoms with E-state index in [9.17, 15) is 9.59 Å². The van der Waals surface area contributed by atoms with Crippen LogP contribution in [0.15, 0.2) is 75.9 Å². The molecule has 42 heavy (non-hydrogen) atoms. The molecule has 3 aliphatic heterocycles. The van der Waals surface area contributed by atoms with E-state index in [1.807, 2.05) is 79.6 Å². The fourth-order valence-electron chi connectivity index (χ4n) is 5.19. The van der Waals surface area contributed by atoms with Crippen molar-refractivity contribution < 1.29 is 28.5 Å². The van der Waals surface area contributed by atoms with Crippen LogP contribution in [-0.2, 0) is 25.7 Å². The molecular formula is C32H37N3O6S. The molecule has 3 aliphatic rings. The van der Waals surface area contributed by atoms with Crippen molar-refractivity contribution in [3.05, 3.63) is 82.0 Å². The highest BCUT2D eigenvalue weighted by molar-refractivity contribution is 8.16. The fraction of sp³-hybridized carbons (Fsp3) is 0.406. The molecule has 0 saturated carbocycles. The molecule has 2 aromatic rings. The van der Waals surface area contributed by atoms with E-state index < -0.39 is 12.0 Å². The number of amidine groups is 1. The van der Waals surface area contributed by atoms with Crippen LogP contribution in [0.1, 0.15) is 57.2 Å². The van der Waals surface area contributed by atoms with Gasteiger partial charge in [0.25, 0.3) is 0 Å². The first-order chi connectivity index (χ1) is 20.3. The molecule has 3 heterocycles. The topological polar surface area (TPSA) is 98.7 Å². The van der Waals surface area contributed by atoms with Gasteiger partial charge in [0.2, 0.25) is 5.91 Å². The lowest BCUT2D eigenvalue weighted by atomic mass is 9.93. The van der Waals surface area contributed by atoms with Gasteiger partial charge in [0.1, 0.15) is 6.61 Å². The summed E-state index contributed by atoms with van der Waals surface area (Å²) in [4.78, 5) is 33.2. The van der Waals surface area contributed by atoms with Crippen molar-refractivity contribution in [1.82, 2.24) is 10.2 Å². The summed E-state index contributed by atoms with van der Waals surface area (Å²) >= 11 is 1.44. The van der Waals surface area contributed by atoms with Crippen molar-refractivity contribution in [3.63, 3.8) is 0 Å². The second kappa shape index (κ2) is 13.5. The number of carbonyl (C=O) groups is 2. The molecule has 0 aliphatic carbocycles. The van der Waals surface area contributed by atoms with E-state index in [-0.39, 0.29) is 24.5 Å². The average molecular weight is 592 g/mol. The maximum atomic E-state index is 13.5. The Labute approximate surface area is 250 Å². The molecule has 0 spiro atoms. The third kappa shape index (κ3) is 6.82. The van der Waals surface area contributed by atoms with Crippen molar-refractivity contribution in [1.29, 1.82) is 0 Å². The third-order valence-corrected chi connectivity index (χ3v) is 8.09. The van der Waals surface area contributed by atoms with Crippen LogP contribution >= 0.6 is 11.8 Å². The van der Waals surface area contributed by atoms with Gasteiger partial charge in [-0.1, -0.05) is 48.2 Å². The van der Waals surface area contributed by atoms with Crippen molar-refractivity contribution in [2.45, 2.75) is 64.9 Å². The van der Waals surface area contributed by atoms with Crippen molar-refractivity contribution in [3.8, 4) is 11.5 Å². The number of hydrogen-bond acceptors (Lipinski definition) is 9. The smallest absolute Gasteiger partial charge is 0.338 e. The molecule has 5 rings (SSSR count). The SMILES string of the molecule is COc1cc([C@H]2C(C(=O)OC(C)C)=C(C)N=C3SC=C(CC(=O)NC[C@@H]4CCCO4)N32)ccc1OCc1ccccc1. The second-order valence-corrected chi connectivity index (χ2v) is 11.5. The van der Waals surface area contributed by atoms with Crippen LogP contribution in [0.2, 0.25) is 0 Å². The maximum Gasteiger partial charge on any atom is 0.338 e. The molecule has 0 radical (unpaired) electrons. The first kappa shape index (κ1) is 29.7. The standard InChI is InChI=1S/C32H37N3O6S/c1-20(2)41-31(37)29-21(3)34-32-35(24(19-42-32)16-28(36)33-17-25-11-8-14-39-25)30(29)23-12-13-26(27(15-23)38-4)40-18-22-9-6-5-7-10-22/h5-7,9-10,12-13,15,19-20,25,30H,8,11,14,16-18H2,1-4H3,(H,33,36)/t25-,30-/m0/s1. The predicted molar refractivity (Wildman–Crippen MR) is 162 cm³/mol. The minimum absolute atomic E-state index is 0.0545. The number of nitrogens with one attached hydrogen (secondary N) is 1. The Bertz CT molecular complexity index is 1400. The number of nitrogens with zero attached hydrogens (tertiary/aromatic N) is 2. The molecule has 0 unspecified atom stereocenters. The van der Waals surface area contributed by atoms with Crippen LogP contribution in [0.3, 0.4) is 0 Å². The zero-order valence-corrected chi connectivity index (χ0v) is 25.2. The average Bonchev–Trinajstić information content (AvgIpc) is 3.64. The first-order valence-electron chi connectivity index (χ1n) is 14.2. The highest BCUT2D eigenvalue weighted by atomic mass is 32.2. The van der Waals surface area contributed by atoms with Gasteiger partial charge >= 0.3 is 5.97 Å². The Morgan fingerprint density at radius 2 is 1.98 bits per heavy atom. The Kier molecular flexibility index (Phi) is 9.54. The van der Waals surface area contributed by atoms with E-state index in [0.717, 1.165) is 36.3 Å². The zero-order chi connectivity index (χ0) is 29.6. The van der Waals surface area contributed by atoms with Crippen LogP contribution in [0, 0.1) is 0 Å². The van der Waals surface area contributed by atoms with Gasteiger partial charge in [-0.05, 0) is 62.3 Å². The number of fused-ring (bicyclic) bond motifs is 1. The number of benzene rings is 2. The number of amides is 1. The Morgan fingerprint density at radius 1 is 1.17 bits per heavy atom. The maximum absolute atomic E-state index is 13.5. The number of carbonyl (C=O) groups excluding carboxylic acids is 2. The van der Waals surface area contributed by atoms with Gasteiger partial charge in [-0.2, -0.15) is 0 Å². The normalized spacial score (nSPS) is 19.8. The number of esters is 1. The van der Waals surface area contributed by atoms with Gasteiger partial charge in [0.05, 0.1) is 43.1 Å². The number of allylic oxidation sites excluding steroid dienone is 1. The van der Waals surface area contributed by atoms with Crippen LogP contribution in [0.5, 0.6) is 11.5 Å². The van der Waals surface area contributed by atoms with E-state index >= 15 is 0 Å². The van der Waals surface area contributed by atoms with Gasteiger partial charge < -0.3 is 29.2 Å². The summed E-state index contributed by atoms with van der Waals surface area (Å²) in [7, 11) is 1.59. The predicted octanol–water partition coefficient (Wildman–Crippen LogP) is 5.49. The largest absolute Gasteiger partial charge is 0.493 e. The molecule has 9 nitrogen and oxygen atoms in total. The van der Waals surface area contributed by atoms with E-state index in [0.29, 0.717) is 41.1 Å². The van der Waals surface area contributed by atoms with E-state index in [1.165, 1.54) is 11.8 Å². The molecule has 10 heteroatoms. The fourth-order valence-corrected chi connectivity index (χ4v) is 6.16. The minimum atomic E-state index is -0.576. The summed E-state index contributed by atoms with van der Waals surface area (Å²) in [5.74, 6) is 0.560. The van der Waals surface area contributed by atoms with E-state index in [1.54, 1.807) is 7.11 Å². The lowest BCUT2D eigenvalue weighted by Gasteiger charge is -2.36. The minimum Gasteiger partial charge on any atom is -0.493 e. The van der Waals surface area contributed by atoms with Gasteiger partial charge in [-0.15, -0.1) is 0 Å². The number of rotatable bonds is 11. The Hall–Kier alpha value is -3.76. The number of aliphatic imine (C=N–C) groups is 1. The molecule has 0 aromatic heterocycles. The highest BCUT2D eigenvalue weighted by Crippen LogP contribution is 2.46. The van der Waals surface area contributed by atoms with Crippen molar-refractivity contribution >= 4 is 28.8 Å². The zero-order valence-electron chi connectivity index (χ0n) is 24.4. The van der Waals surface area contributed by atoms with Crippen LogP contribution in [0.25, 0.3) is 0 Å². The first-order valence-corrected chi connectivity index (χ1v) is 15.1. The van der Waals surface area contributed by atoms with Gasteiger partial charge in [0, 0.05) is 18.8 Å². The molecule has 1 N–H and O–H groups in total. The molecule has 1 amide bonds. The highest BCUT2D eigenvalue weighted by Gasteiger charge is 2.41. The summed E-state index contributed by atoms with van der Waals surface area (Å²) in [6.45, 7) is 7.05. The van der Waals surface area contributed by atoms with Crippen molar-refractivity contribution in [2.75, 3.05) is 20.3 Å². The van der Waals surface area contributed by atoms with Gasteiger partial charge in [-0.25, -0.2) is 9.79 Å². The lowest BCUT2D eigenvalue weighted by Crippen LogP contribution is -2.39. The summed E-state index contributed by atoms with van der Waals surface area (Å²) in [6.07, 6.45) is 1.84. The number of thioether (sulfide) groups is 1. The summed E-state index contributed by atoms with van der Waals surface area (Å²) in [6, 6.07) is 15.0. The molecule has 2 atom stereocenters. The van der Waals surface area contributed by atoms with Crippen LogP contribution in [-0.4, -0.2) is 54.4 Å². The second-order valence-electron chi connectivity index (χ2n) is 10.6. The molecule has 0 bridgehead atoms. The van der Waals surface area contributed by atoms with Gasteiger partial charge in [-0.3, -0.25) is 4.79 Å². The third-order valence-electron chi connectivity index (χ3n) is 7.20. The summed E-state index contributed by atoms with van der Waals surface area (Å²) in [5, 5.41) is 5.63. The van der Waals surface area contributed by atoms with Gasteiger partial charge in [0.15, 0.2) is 16.7 Å². The Morgan fingerprint density at radius 3 is 2.69 bits per heavy atom. The van der Waals surface area contributed by atoms with E-state index in [2.05, 4.69) is 5.32 Å². The number of methoxy groups -OCH3 is 1. The quantitative estimate of drug-likeness (QED) is 0.343. The van der Waals surface area contributed by atoms with E-state index in [4.69, 9.17) is 23.9 Å². The monoisotopic (exact) mass is 591 g/mol. The van der Waals surface area contributed by atoms with Crippen molar-refractivity contribution in [2.24, 2.45) is 4.99 Å². The lowest BCUT2D eigenvalue weighted by molar-refractivity contribution is -0.143. The number of ether oxygens (including phenoxy) is 4. The molecule has 1 saturated heterocycles. The molecule has 1 fully saturated rings. The molecule has 222 valence electrons. The number of hydrogen-bond donors (Lipinski definition) is 1. The molecule has 2 aromatic carbocycles. The van der Waals surface area contributed by atoms with Crippen LogP contribution in [0.4, 0.5) is 0 Å².